The summed E-state index contributed by atoms with van der Waals surface area (Å²) in [4.78, 5) is 10.8. The van der Waals surface area contributed by atoms with Gasteiger partial charge in [-0.25, -0.2) is 0 Å². The van der Waals surface area contributed by atoms with Crippen molar-refractivity contribution in [3.63, 3.8) is 0 Å². The summed E-state index contributed by atoms with van der Waals surface area (Å²) in [7, 11) is 1.61. The van der Waals surface area contributed by atoms with Gasteiger partial charge in [-0.3, -0.25) is 4.79 Å². The van der Waals surface area contributed by atoms with Crippen LogP contribution in [0.25, 0.3) is 6.08 Å². The molecule has 0 heterocycles. The number of rotatable bonds is 2. The molecule has 0 bridgehead atoms. The van der Waals surface area contributed by atoms with Gasteiger partial charge in [0.15, 0.2) is 0 Å². The van der Waals surface area contributed by atoms with Crippen molar-refractivity contribution in [2.24, 2.45) is 0 Å². The first-order valence-corrected chi connectivity index (χ1v) is 3.78. The van der Waals surface area contributed by atoms with Crippen LogP contribution in [-0.4, -0.2) is 31.8 Å². The van der Waals surface area contributed by atoms with Crippen molar-refractivity contribution in [3.8, 4) is 0 Å². The van der Waals surface area contributed by atoms with Crippen LogP contribution in [-0.2, 0) is 4.79 Å². The SMILES string of the molecule is CNC(=O)/C=C/c1ccccc1.[LiH]. The van der Waals surface area contributed by atoms with Gasteiger partial charge in [-0.05, 0) is 11.6 Å². The number of nitrogens with one attached hydrogen (secondary N) is 1. The van der Waals surface area contributed by atoms with Crippen LogP contribution >= 0.6 is 0 Å². The molecular weight excluding hydrogens is 157 g/mol. The van der Waals surface area contributed by atoms with Gasteiger partial charge in [0.05, 0.1) is 0 Å². The van der Waals surface area contributed by atoms with Crippen LogP contribution in [0.15, 0.2) is 36.4 Å². The van der Waals surface area contributed by atoms with Gasteiger partial charge in [0.2, 0.25) is 5.91 Å². The predicted molar refractivity (Wildman–Crippen MR) is 56.7 cm³/mol. The van der Waals surface area contributed by atoms with Crippen LogP contribution in [0.1, 0.15) is 5.56 Å². The molecule has 13 heavy (non-hydrogen) atoms. The Kier molecular flexibility index (Phi) is 6.04. The Balaban J connectivity index is 0.00000144. The molecule has 1 aromatic carbocycles. The molecule has 0 aromatic heterocycles. The number of benzene rings is 1. The van der Waals surface area contributed by atoms with E-state index in [1.54, 1.807) is 13.1 Å². The van der Waals surface area contributed by atoms with E-state index in [1.165, 1.54) is 6.08 Å². The molecule has 0 atom stereocenters. The molecule has 0 unspecified atom stereocenters. The van der Waals surface area contributed by atoms with Crippen molar-refractivity contribution in [2.45, 2.75) is 0 Å². The number of hydrogen-bond acceptors (Lipinski definition) is 1. The van der Waals surface area contributed by atoms with Gasteiger partial charge in [0.25, 0.3) is 0 Å². The molecule has 0 radical (unpaired) electrons. The van der Waals surface area contributed by atoms with E-state index in [2.05, 4.69) is 5.32 Å². The van der Waals surface area contributed by atoms with Crippen LogP contribution in [0, 0.1) is 0 Å². The van der Waals surface area contributed by atoms with Gasteiger partial charge in [0, 0.05) is 13.1 Å². The Bertz CT molecular complexity index is 282. The van der Waals surface area contributed by atoms with E-state index >= 15 is 0 Å². The second kappa shape index (κ2) is 6.53. The van der Waals surface area contributed by atoms with Crippen molar-refractivity contribution < 1.29 is 4.79 Å². The van der Waals surface area contributed by atoms with Gasteiger partial charge in [0.1, 0.15) is 0 Å². The van der Waals surface area contributed by atoms with Crippen molar-refractivity contribution >= 4 is 30.8 Å². The summed E-state index contributed by atoms with van der Waals surface area (Å²) in [5.74, 6) is -0.0844. The Morgan fingerprint density at radius 3 is 2.46 bits per heavy atom. The van der Waals surface area contributed by atoms with Crippen molar-refractivity contribution in [1.29, 1.82) is 0 Å². The normalized spacial score (nSPS) is 9.31. The third-order valence-electron chi connectivity index (χ3n) is 1.47. The minimum absolute atomic E-state index is 0. The molecule has 0 fully saturated rings. The zero-order valence-corrected chi connectivity index (χ0v) is 6.95. The van der Waals surface area contributed by atoms with Crippen LogP contribution in [0.2, 0.25) is 0 Å². The average Bonchev–Trinajstić information content (AvgIpc) is 2.16. The molecule has 1 N–H and O–H groups in total. The molecule has 0 saturated carbocycles. The quantitative estimate of drug-likeness (QED) is 0.515. The fraction of sp³-hybridized carbons (Fsp3) is 0.100. The Hall–Kier alpha value is -0.973. The molecule has 1 rings (SSSR count). The van der Waals surface area contributed by atoms with Crippen molar-refractivity contribution in [2.75, 3.05) is 7.05 Å². The first-order valence-electron chi connectivity index (χ1n) is 3.78. The second-order valence-electron chi connectivity index (χ2n) is 2.36. The fourth-order valence-corrected chi connectivity index (χ4v) is 0.819. The maximum atomic E-state index is 10.8. The summed E-state index contributed by atoms with van der Waals surface area (Å²) >= 11 is 0. The Morgan fingerprint density at radius 2 is 1.92 bits per heavy atom. The van der Waals surface area contributed by atoms with Gasteiger partial charge in [-0.1, -0.05) is 30.3 Å². The monoisotopic (exact) mass is 169 g/mol. The summed E-state index contributed by atoms with van der Waals surface area (Å²) in [5, 5.41) is 2.51. The molecule has 64 valence electrons. The predicted octanol–water partition coefficient (Wildman–Crippen LogP) is 0.797. The summed E-state index contributed by atoms with van der Waals surface area (Å²) in [6.07, 6.45) is 3.29. The van der Waals surface area contributed by atoms with E-state index in [0.717, 1.165) is 5.56 Å². The standard InChI is InChI=1S/C10H11NO.Li.H/c1-11-10(12)8-7-9-5-3-2-4-6-9;;/h2-8H,1H3,(H,11,12);;/b8-7+;;. The third-order valence-corrected chi connectivity index (χ3v) is 1.47. The van der Waals surface area contributed by atoms with Crippen LogP contribution < -0.4 is 5.32 Å². The number of carbonyl (C=O) groups is 1. The molecule has 0 aliphatic heterocycles. The summed E-state index contributed by atoms with van der Waals surface area (Å²) in [6.45, 7) is 0. The molecule has 0 aliphatic rings. The third kappa shape index (κ3) is 4.57. The van der Waals surface area contributed by atoms with Crippen molar-refractivity contribution in [3.05, 3.63) is 42.0 Å². The molecule has 1 aromatic rings. The summed E-state index contributed by atoms with van der Waals surface area (Å²) in [5.41, 5.74) is 1.03. The zero-order valence-electron chi connectivity index (χ0n) is 6.95. The van der Waals surface area contributed by atoms with E-state index in [-0.39, 0.29) is 24.8 Å². The molecule has 3 heteroatoms. The average molecular weight is 169 g/mol. The van der Waals surface area contributed by atoms with Gasteiger partial charge >= 0.3 is 18.9 Å². The molecule has 0 spiro atoms. The second-order valence-corrected chi connectivity index (χ2v) is 2.36. The first kappa shape index (κ1) is 12.0. The van der Waals surface area contributed by atoms with E-state index in [0.29, 0.717) is 0 Å². The van der Waals surface area contributed by atoms with Gasteiger partial charge < -0.3 is 5.32 Å². The Labute approximate surface area is 90.2 Å². The number of carbonyl (C=O) groups excluding carboxylic acids is 1. The van der Waals surface area contributed by atoms with Crippen LogP contribution in [0.3, 0.4) is 0 Å². The molecule has 0 aliphatic carbocycles. The number of likely N-dealkylation sites (N-methyl/N-ethyl adjacent to an activating group) is 1. The van der Waals surface area contributed by atoms with Crippen LogP contribution in [0.5, 0.6) is 0 Å². The molecular formula is C10H12LiNO. The number of amides is 1. The minimum atomic E-state index is -0.0844. The molecule has 1 amide bonds. The Morgan fingerprint density at radius 1 is 1.31 bits per heavy atom. The summed E-state index contributed by atoms with van der Waals surface area (Å²) < 4.78 is 0. The van der Waals surface area contributed by atoms with Crippen LogP contribution in [0.4, 0.5) is 0 Å². The maximum absolute atomic E-state index is 10.8. The zero-order chi connectivity index (χ0) is 8.81. The van der Waals surface area contributed by atoms with E-state index in [4.69, 9.17) is 0 Å². The number of hydrogen-bond donors (Lipinski definition) is 1. The molecule has 2 nitrogen and oxygen atoms in total. The molecule has 0 saturated heterocycles. The van der Waals surface area contributed by atoms with Gasteiger partial charge in [-0.15, -0.1) is 0 Å². The fourth-order valence-electron chi connectivity index (χ4n) is 0.819. The van der Waals surface area contributed by atoms with Crippen molar-refractivity contribution in [1.82, 2.24) is 5.32 Å². The first-order chi connectivity index (χ1) is 5.83. The van der Waals surface area contributed by atoms with Gasteiger partial charge in [-0.2, -0.15) is 0 Å². The van der Waals surface area contributed by atoms with E-state index in [9.17, 15) is 4.79 Å². The topological polar surface area (TPSA) is 29.1 Å². The van der Waals surface area contributed by atoms with E-state index < -0.39 is 0 Å². The summed E-state index contributed by atoms with van der Waals surface area (Å²) in [6, 6.07) is 9.70. The van der Waals surface area contributed by atoms with E-state index in [1.807, 2.05) is 30.3 Å².